The molecule has 0 fully saturated rings. The standard InChI is InChI=1S/C16H19N3O3/c20-14(17-10-8-12-5-2-1-3-6-12)11-19-15-13(22-16(19)21)7-4-9-18-15/h4-5,7,9H,1-3,6,8,10-11H2,(H,17,20). The average molecular weight is 301 g/mol. The summed E-state index contributed by atoms with van der Waals surface area (Å²) < 4.78 is 6.31. The maximum Gasteiger partial charge on any atom is 0.421 e. The minimum atomic E-state index is -0.557. The second-order valence-corrected chi connectivity index (χ2v) is 5.49. The molecule has 1 aliphatic carbocycles. The SMILES string of the molecule is O=C(Cn1c(=O)oc2cccnc21)NCCC1=CCCCC1. The van der Waals surface area contributed by atoms with E-state index in [-0.39, 0.29) is 12.5 Å². The van der Waals surface area contributed by atoms with E-state index in [1.54, 1.807) is 18.3 Å². The van der Waals surface area contributed by atoms with Crippen LogP contribution in [0.5, 0.6) is 0 Å². The van der Waals surface area contributed by atoms with Crippen molar-refractivity contribution in [2.45, 2.75) is 38.6 Å². The molecule has 3 rings (SSSR count). The van der Waals surface area contributed by atoms with Gasteiger partial charge >= 0.3 is 5.76 Å². The molecule has 6 nitrogen and oxygen atoms in total. The van der Waals surface area contributed by atoms with E-state index in [9.17, 15) is 9.59 Å². The van der Waals surface area contributed by atoms with Gasteiger partial charge < -0.3 is 9.73 Å². The highest BCUT2D eigenvalue weighted by Gasteiger charge is 2.13. The van der Waals surface area contributed by atoms with Gasteiger partial charge in [0.25, 0.3) is 0 Å². The van der Waals surface area contributed by atoms with Crippen LogP contribution in [-0.2, 0) is 11.3 Å². The van der Waals surface area contributed by atoms with Crippen molar-refractivity contribution >= 4 is 17.1 Å². The van der Waals surface area contributed by atoms with Crippen molar-refractivity contribution in [3.63, 3.8) is 0 Å². The second kappa shape index (κ2) is 6.60. The molecule has 0 saturated heterocycles. The Hall–Kier alpha value is -2.37. The third-order valence-electron chi connectivity index (χ3n) is 3.88. The highest BCUT2D eigenvalue weighted by atomic mass is 16.4. The molecular formula is C16H19N3O3. The zero-order valence-electron chi connectivity index (χ0n) is 12.4. The topological polar surface area (TPSA) is 77.1 Å². The van der Waals surface area contributed by atoms with E-state index in [4.69, 9.17) is 4.42 Å². The first-order valence-corrected chi connectivity index (χ1v) is 7.63. The molecule has 22 heavy (non-hydrogen) atoms. The number of aromatic nitrogens is 2. The van der Waals surface area contributed by atoms with Crippen molar-refractivity contribution in [3.8, 4) is 0 Å². The largest absolute Gasteiger partial charge is 0.421 e. The molecule has 0 radical (unpaired) electrons. The van der Waals surface area contributed by atoms with E-state index in [0.717, 1.165) is 19.3 Å². The summed E-state index contributed by atoms with van der Waals surface area (Å²) in [7, 11) is 0. The van der Waals surface area contributed by atoms with E-state index in [2.05, 4.69) is 16.4 Å². The van der Waals surface area contributed by atoms with Crippen molar-refractivity contribution in [1.29, 1.82) is 0 Å². The lowest BCUT2D eigenvalue weighted by atomic mass is 9.97. The summed E-state index contributed by atoms with van der Waals surface area (Å²) in [5.41, 5.74) is 2.21. The van der Waals surface area contributed by atoms with Crippen LogP contribution in [0.25, 0.3) is 11.2 Å². The van der Waals surface area contributed by atoms with Crippen LogP contribution in [0.1, 0.15) is 32.1 Å². The molecule has 0 unspecified atom stereocenters. The van der Waals surface area contributed by atoms with Crippen molar-refractivity contribution < 1.29 is 9.21 Å². The van der Waals surface area contributed by atoms with Gasteiger partial charge in [-0.15, -0.1) is 0 Å². The number of pyridine rings is 1. The van der Waals surface area contributed by atoms with Gasteiger partial charge in [0, 0.05) is 12.7 Å². The molecule has 0 bridgehead atoms. The highest BCUT2D eigenvalue weighted by Crippen LogP contribution is 2.19. The Bertz CT molecular complexity index is 757. The first-order chi connectivity index (χ1) is 10.7. The van der Waals surface area contributed by atoms with Crippen molar-refractivity contribution in [1.82, 2.24) is 14.9 Å². The van der Waals surface area contributed by atoms with Gasteiger partial charge in [-0.05, 0) is 44.2 Å². The molecule has 2 aromatic heterocycles. The van der Waals surface area contributed by atoms with Crippen LogP contribution in [0.15, 0.2) is 39.2 Å². The smallest absolute Gasteiger partial charge is 0.406 e. The van der Waals surface area contributed by atoms with Crippen LogP contribution >= 0.6 is 0 Å². The number of oxazole rings is 1. The predicted molar refractivity (Wildman–Crippen MR) is 82.4 cm³/mol. The number of carbonyl (C=O) groups excluding carboxylic acids is 1. The quantitative estimate of drug-likeness (QED) is 0.857. The molecule has 6 heteroatoms. The van der Waals surface area contributed by atoms with Crippen LogP contribution in [0.4, 0.5) is 0 Å². The zero-order valence-corrected chi connectivity index (χ0v) is 12.4. The Morgan fingerprint density at radius 1 is 1.41 bits per heavy atom. The number of amides is 1. The van der Waals surface area contributed by atoms with Crippen LogP contribution in [0.3, 0.4) is 0 Å². The van der Waals surface area contributed by atoms with Gasteiger partial charge in [0.15, 0.2) is 11.2 Å². The molecular weight excluding hydrogens is 282 g/mol. The van der Waals surface area contributed by atoms with Gasteiger partial charge in [-0.1, -0.05) is 11.6 Å². The van der Waals surface area contributed by atoms with Crippen LogP contribution in [0.2, 0.25) is 0 Å². The van der Waals surface area contributed by atoms with Gasteiger partial charge in [-0.25, -0.2) is 14.3 Å². The zero-order chi connectivity index (χ0) is 15.4. The lowest BCUT2D eigenvalue weighted by Gasteiger charge is -2.12. The molecule has 1 amide bonds. The lowest BCUT2D eigenvalue weighted by molar-refractivity contribution is -0.121. The fraction of sp³-hybridized carbons (Fsp3) is 0.438. The third kappa shape index (κ3) is 3.27. The number of fused-ring (bicyclic) bond motifs is 1. The summed E-state index contributed by atoms with van der Waals surface area (Å²) in [6.45, 7) is 0.532. The first kappa shape index (κ1) is 14.6. The van der Waals surface area contributed by atoms with Gasteiger partial charge in [0.2, 0.25) is 5.91 Å². The van der Waals surface area contributed by atoms with E-state index < -0.39 is 5.76 Å². The Labute approximate surface area is 127 Å². The molecule has 0 spiro atoms. The number of nitrogens with one attached hydrogen (secondary N) is 1. The number of rotatable bonds is 5. The van der Waals surface area contributed by atoms with E-state index in [0.29, 0.717) is 17.8 Å². The van der Waals surface area contributed by atoms with Gasteiger partial charge in [-0.2, -0.15) is 0 Å². The minimum absolute atomic E-state index is 0.0676. The van der Waals surface area contributed by atoms with Crippen LogP contribution < -0.4 is 11.1 Å². The maximum atomic E-state index is 12.0. The maximum absolute atomic E-state index is 12.0. The van der Waals surface area contributed by atoms with Gasteiger partial charge in [0.05, 0.1) is 0 Å². The molecule has 0 saturated carbocycles. The predicted octanol–water partition coefficient (Wildman–Crippen LogP) is 2.00. The monoisotopic (exact) mass is 301 g/mol. The molecule has 0 aliphatic heterocycles. The summed E-state index contributed by atoms with van der Waals surface area (Å²) in [5.74, 6) is -0.759. The number of nitrogens with zero attached hydrogens (tertiary/aromatic N) is 2. The Balaban J connectivity index is 1.58. The minimum Gasteiger partial charge on any atom is -0.406 e. The third-order valence-corrected chi connectivity index (χ3v) is 3.88. The number of hydrogen-bond acceptors (Lipinski definition) is 4. The molecule has 0 atom stereocenters. The molecule has 1 N–H and O–H groups in total. The summed E-state index contributed by atoms with van der Waals surface area (Å²) in [6, 6.07) is 3.35. The normalized spacial score (nSPS) is 14.8. The Morgan fingerprint density at radius 2 is 2.32 bits per heavy atom. The number of hydrogen-bond donors (Lipinski definition) is 1. The van der Waals surface area contributed by atoms with E-state index in [1.165, 1.54) is 23.0 Å². The highest BCUT2D eigenvalue weighted by molar-refractivity contribution is 5.78. The molecule has 2 heterocycles. The summed E-state index contributed by atoms with van der Waals surface area (Å²) in [5, 5.41) is 2.85. The van der Waals surface area contributed by atoms with Gasteiger partial charge in [-0.3, -0.25) is 4.79 Å². The Morgan fingerprint density at radius 3 is 3.14 bits per heavy atom. The van der Waals surface area contributed by atoms with E-state index >= 15 is 0 Å². The summed E-state index contributed by atoms with van der Waals surface area (Å²) in [4.78, 5) is 27.8. The average Bonchev–Trinajstić information content (AvgIpc) is 2.84. The number of carbonyl (C=O) groups is 1. The molecule has 0 aromatic carbocycles. The lowest BCUT2D eigenvalue weighted by Crippen LogP contribution is -2.31. The molecule has 2 aromatic rings. The first-order valence-electron chi connectivity index (χ1n) is 7.63. The second-order valence-electron chi connectivity index (χ2n) is 5.49. The van der Waals surface area contributed by atoms with E-state index in [1.807, 2.05) is 0 Å². The summed E-state index contributed by atoms with van der Waals surface area (Å²) in [6.07, 6.45) is 9.50. The van der Waals surface area contributed by atoms with Crippen LogP contribution in [-0.4, -0.2) is 22.0 Å². The number of allylic oxidation sites excluding steroid dienone is 1. The van der Waals surface area contributed by atoms with Crippen molar-refractivity contribution in [3.05, 3.63) is 40.5 Å². The van der Waals surface area contributed by atoms with Gasteiger partial charge in [0.1, 0.15) is 6.54 Å². The fourth-order valence-corrected chi connectivity index (χ4v) is 2.73. The molecule has 1 aliphatic rings. The fourth-order valence-electron chi connectivity index (χ4n) is 2.73. The van der Waals surface area contributed by atoms with Crippen molar-refractivity contribution in [2.24, 2.45) is 0 Å². The Kier molecular flexibility index (Phi) is 4.37. The van der Waals surface area contributed by atoms with Crippen molar-refractivity contribution in [2.75, 3.05) is 6.54 Å². The molecule has 116 valence electrons. The van der Waals surface area contributed by atoms with Crippen LogP contribution in [0, 0.1) is 0 Å². The summed E-state index contributed by atoms with van der Waals surface area (Å²) >= 11 is 0.